The van der Waals surface area contributed by atoms with Gasteiger partial charge in [-0.3, -0.25) is 10.1 Å². The number of rotatable bonds is 10. The number of nitrogens with zero attached hydrogens (tertiary/aromatic N) is 1. The number of amides is 1. The number of unbranched alkanes of at least 4 members (excludes halogenated alkanes) is 1. The first kappa shape index (κ1) is 18.8. The van der Waals surface area contributed by atoms with Crippen molar-refractivity contribution in [2.24, 2.45) is 0 Å². The van der Waals surface area contributed by atoms with Crippen LogP contribution in [0.4, 0.5) is 0 Å². The van der Waals surface area contributed by atoms with Gasteiger partial charge >= 0.3 is 0 Å². The predicted molar refractivity (Wildman–Crippen MR) is 93.7 cm³/mol. The van der Waals surface area contributed by atoms with Crippen LogP contribution < -0.4 is 5.32 Å². The van der Waals surface area contributed by atoms with Gasteiger partial charge in [-0.2, -0.15) is 11.8 Å². The molecule has 124 valence electrons. The van der Waals surface area contributed by atoms with Gasteiger partial charge in [0, 0.05) is 11.3 Å². The Balaban J connectivity index is 2.82. The van der Waals surface area contributed by atoms with E-state index in [-0.39, 0.29) is 17.0 Å². The van der Waals surface area contributed by atoms with E-state index in [1.165, 1.54) is 0 Å². The molecule has 0 saturated carbocycles. The van der Waals surface area contributed by atoms with Crippen molar-refractivity contribution in [1.29, 1.82) is 0 Å². The summed E-state index contributed by atoms with van der Waals surface area (Å²) in [7, 11) is 0. The van der Waals surface area contributed by atoms with Crippen molar-refractivity contribution in [3.05, 3.63) is 0 Å². The molecular formula is C17H34N2OS. The van der Waals surface area contributed by atoms with E-state index in [0.717, 1.165) is 51.5 Å². The molecule has 0 aliphatic carbocycles. The molecule has 0 radical (unpaired) electrons. The molecule has 1 amide bonds. The zero-order chi connectivity index (χ0) is 15.9. The number of carbonyl (C=O) groups excluding carboxylic acids is 1. The first-order valence-corrected chi connectivity index (χ1v) is 9.91. The van der Waals surface area contributed by atoms with E-state index in [4.69, 9.17) is 0 Å². The molecule has 21 heavy (non-hydrogen) atoms. The fraction of sp³-hybridized carbons (Fsp3) is 0.941. The van der Waals surface area contributed by atoms with Crippen LogP contribution in [0, 0.1) is 0 Å². The van der Waals surface area contributed by atoms with Gasteiger partial charge in [-0.05, 0) is 31.9 Å². The fourth-order valence-electron chi connectivity index (χ4n) is 3.20. The molecule has 1 N–H and O–H groups in total. The average molecular weight is 315 g/mol. The first-order valence-electron chi connectivity index (χ1n) is 8.69. The molecule has 2 atom stereocenters. The molecule has 0 bridgehead atoms. The minimum Gasteiger partial charge on any atom is -0.324 e. The molecule has 1 aliphatic heterocycles. The molecule has 1 fully saturated rings. The second-order valence-corrected chi connectivity index (χ2v) is 7.50. The summed E-state index contributed by atoms with van der Waals surface area (Å²) >= 11 is 1.92. The number of carbonyl (C=O) groups is 1. The van der Waals surface area contributed by atoms with E-state index >= 15 is 0 Å². The van der Waals surface area contributed by atoms with Crippen LogP contribution in [-0.4, -0.2) is 40.6 Å². The van der Waals surface area contributed by atoms with Gasteiger partial charge in [0.1, 0.15) is 0 Å². The van der Waals surface area contributed by atoms with E-state index < -0.39 is 0 Å². The van der Waals surface area contributed by atoms with Crippen LogP contribution in [-0.2, 0) is 4.79 Å². The van der Waals surface area contributed by atoms with Crippen LogP contribution in [0.15, 0.2) is 0 Å². The van der Waals surface area contributed by atoms with E-state index in [0.29, 0.717) is 5.91 Å². The van der Waals surface area contributed by atoms with Crippen molar-refractivity contribution in [2.45, 2.75) is 89.6 Å². The third kappa shape index (κ3) is 4.62. The predicted octanol–water partition coefficient (Wildman–Crippen LogP) is 4.03. The normalized spacial score (nSPS) is 23.1. The summed E-state index contributed by atoms with van der Waals surface area (Å²) in [5.41, 5.74) is 0. The zero-order valence-corrected chi connectivity index (χ0v) is 15.4. The quantitative estimate of drug-likeness (QED) is 0.661. The van der Waals surface area contributed by atoms with Crippen LogP contribution in [0.3, 0.4) is 0 Å². The molecule has 1 heterocycles. The highest BCUT2D eigenvalue weighted by atomic mass is 32.2. The molecule has 1 aliphatic rings. The van der Waals surface area contributed by atoms with Crippen LogP contribution in [0.25, 0.3) is 0 Å². The Bertz CT molecular complexity index is 310. The monoisotopic (exact) mass is 314 g/mol. The van der Waals surface area contributed by atoms with Gasteiger partial charge in [-0.25, -0.2) is 0 Å². The maximum Gasteiger partial charge on any atom is 0.241 e. The SMILES string of the molecule is CCCCC1NC(CCC)N(CC(CC)(CC)SC)C1=O. The molecule has 4 heteroatoms. The topological polar surface area (TPSA) is 32.3 Å². The summed E-state index contributed by atoms with van der Waals surface area (Å²) in [6, 6.07) is 0.0507. The lowest BCUT2D eigenvalue weighted by Gasteiger charge is -2.36. The van der Waals surface area contributed by atoms with Crippen molar-refractivity contribution in [3.8, 4) is 0 Å². The Labute approximate surface area is 135 Å². The molecule has 2 unspecified atom stereocenters. The number of hydrogen-bond acceptors (Lipinski definition) is 3. The second kappa shape index (κ2) is 9.04. The summed E-state index contributed by atoms with van der Waals surface area (Å²) in [5, 5.41) is 3.59. The molecule has 1 rings (SSSR count). The number of nitrogens with one attached hydrogen (secondary N) is 1. The molecule has 3 nitrogen and oxygen atoms in total. The smallest absolute Gasteiger partial charge is 0.241 e. The van der Waals surface area contributed by atoms with Crippen LogP contribution in [0.2, 0.25) is 0 Å². The van der Waals surface area contributed by atoms with E-state index in [1.54, 1.807) is 0 Å². The van der Waals surface area contributed by atoms with Crippen LogP contribution in [0.1, 0.15) is 72.6 Å². The van der Waals surface area contributed by atoms with Gasteiger partial charge < -0.3 is 4.90 Å². The van der Waals surface area contributed by atoms with Crippen molar-refractivity contribution in [3.63, 3.8) is 0 Å². The lowest BCUT2D eigenvalue weighted by atomic mass is 10.0. The molecule has 0 spiro atoms. The number of thioether (sulfide) groups is 1. The van der Waals surface area contributed by atoms with Gasteiger partial charge in [-0.15, -0.1) is 0 Å². The summed E-state index contributed by atoms with van der Waals surface area (Å²) in [5.74, 6) is 0.335. The Morgan fingerprint density at radius 3 is 2.29 bits per heavy atom. The van der Waals surface area contributed by atoms with E-state index in [1.807, 2.05) is 11.8 Å². The summed E-state index contributed by atoms with van der Waals surface area (Å²) < 4.78 is 0.211. The average Bonchev–Trinajstić information content (AvgIpc) is 2.79. The maximum atomic E-state index is 12.8. The minimum atomic E-state index is 0.0507. The second-order valence-electron chi connectivity index (χ2n) is 6.23. The molecule has 0 aromatic rings. The highest BCUT2D eigenvalue weighted by Crippen LogP contribution is 2.33. The standard InChI is InChI=1S/C17H34N2OS/c1-6-10-12-14-16(20)19(15(18-14)11-7-2)13-17(8-3,9-4)21-5/h14-15,18H,6-13H2,1-5H3. The van der Waals surface area contributed by atoms with Crippen LogP contribution >= 0.6 is 11.8 Å². The molecule has 1 saturated heterocycles. The third-order valence-electron chi connectivity index (χ3n) is 4.94. The Morgan fingerprint density at radius 1 is 1.14 bits per heavy atom. The Kier molecular flexibility index (Phi) is 8.10. The highest BCUT2D eigenvalue weighted by Gasteiger charge is 2.41. The van der Waals surface area contributed by atoms with E-state index in [9.17, 15) is 4.79 Å². The van der Waals surface area contributed by atoms with Gasteiger partial charge in [0.25, 0.3) is 0 Å². The molecule has 0 aromatic carbocycles. The zero-order valence-electron chi connectivity index (χ0n) is 14.6. The third-order valence-corrected chi connectivity index (χ3v) is 6.51. The summed E-state index contributed by atoms with van der Waals surface area (Å²) in [6.45, 7) is 9.77. The van der Waals surface area contributed by atoms with Crippen molar-refractivity contribution in [1.82, 2.24) is 10.2 Å². The number of hydrogen-bond donors (Lipinski definition) is 1. The lowest BCUT2D eigenvalue weighted by Crippen LogP contribution is -2.46. The highest BCUT2D eigenvalue weighted by molar-refractivity contribution is 8.00. The lowest BCUT2D eigenvalue weighted by molar-refractivity contribution is -0.130. The Morgan fingerprint density at radius 2 is 1.81 bits per heavy atom. The maximum absolute atomic E-state index is 12.8. The van der Waals surface area contributed by atoms with Crippen molar-refractivity contribution < 1.29 is 4.79 Å². The van der Waals surface area contributed by atoms with Gasteiger partial charge in [0.05, 0.1) is 12.2 Å². The van der Waals surface area contributed by atoms with Gasteiger partial charge in [-0.1, -0.05) is 47.0 Å². The summed E-state index contributed by atoms with van der Waals surface area (Å²) in [4.78, 5) is 14.9. The summed E-state index contributed by atoms with van der Waals surface area (Å²) in [6.07, 6.45) is 10.1. The van der Waals surface area contributed by atoms with Gasteiger partial charge in [0.2, 0.25) is 5.91 Å². The Hall–Kier alpha value is -0.220. The van der Waals surface area contributed by atoms with E-state index in [2.05, 4.69) is 44.2 Å². The fourth-order valence-corrected chi connectivity index (χ4v) is 4.05. The largest absolute Gasteiger partial charge is 0.324 e. The molecule has 0 aromatic heterocycles. The van der Waals surface area contributed by atoms with Crippen molar-refractivity contribution in [2.75, 3.05) is 12.8 Å². The van der Waals surface area contributed by atoms with Crippen molar-refractivity contribution >= 4 is 17.7 Å². The minimum absolute atomic E-state index is 0.0507. The molecular weight excluding hydrogens is 280 g/mol. The van der Waals surface area contributed by atoms with Gasteiger partial charge in [0.15, 0.2) is 0 Å². The first-order chi connectivity index (χ1) is 10.1. The van der Waals surface area contributed by atoms with Crippen LogP contribution in [0.5, 0.6) is 0 Å².